The molecule has 0 saturated heterocycles. The highest BCUT2D eigenvalue weighted by Gasteiger charge is 2.23. The minimum absolute atomic E-state index is 0.0445. The molecule has 1 aromatic heterocycles. The first-order chi connectivity index (χ1) is 17.1. The molecule has 0 unspecified atom stereocenters. The number of rotatable bonds is 10. The highest BCUT2D eigenvalue weighted by Crippen LogP contribution is 2.38. The lowest BCUT2D eigenvalue weighted by atomic mass is 10.2. The summed E-state index contributed by atoms with van der Waals surface area (Å²) in [7, 11) is 0.150. The summed E-state index contributed by atoms with van der Waals surface area (Å²) in [5.41, 5.74) is -0.213. The number of thiazole rings is 1. The molecule has 0 saturated carbocycles. The van der Waals surface area contributed by atoms with Gasteiger partial charge in [0.15, 0.2) is 23.2 Å². The van der Waals surface area contributed by atoms with E-state index in [9.17, 15) is 28.1 Å². The molecule has 0 radical (unpaired) electrons. The molecule has 13 nitrogen and oxygen atoms in total. The van der Waals surface area contributed by atoms with Crippen LogP contribution in [-0.4, -0.2) is 58.1 Å². The first-order valence-corrected chi connectivity index (χ1v) is 12.1. The molecule has 0 spiro atoms. The molecule has 3 rings (SSSR count). The maximum absolute atomic E-state index is 12.7. The molecule has 0 bridgehead atoms. The van der Waals surface area contributed by atoms with Gasteiger partial charge in [-0.15, -0.1) is 0 Å². The molecule has 0 atom stereocenters. The van der Waals surface area contributed by atoms with Crippen molar-refractivity contribution in [1.29, 1.82) is 0 Å². The molecule has 1 amide bonds. The Hall–Kier alpha value is -4.24. The fourth-order valence-electron chi connectivity index (χ4n) is 2.87. The Labute approximate surface area is 208 Å². The Morgan fingerprint density at radius 2 is 1.67 bits per heavy atom. The number of nitrogens with one attached hydrogen (secondary N) is 1. The summed E-state index contributed by atoms with van der Waals surface area (Å²) >= 11 is 0.666. The predicted molar refractivity (Wildman–Crippen MR) is 126 cm³/mol. The Balaban J connectivity index is 1.65. The lowest BCUT2D eigenvalue weighted by molar-refractivity contribution is -0.384. The number of carbonyl (C=O) groups excluding carboxylic acids is 2. The van der Waals surface area contributed by atoms with Gasteiger partial charge in [-0.2, -0.15) is 0 Å². The fourth-order valence-corrected chi connectivity index (χ4v) is 5.32. The van der Waals surface area contributed by atoms with Crippen molar-refractivity contribution >= 4 is 43.9 Å². The van der Waals surface area contributed by atoms with E-state index in [4.69, 9.17) is 18.9 Å². The summed E-state index contributed by atoms with van der Waals surface area (Å²) in [5.74, 6) is -0.887. The number of methoxy groups -OCH3 is 3. The van der Waals surface area contributed by atoms with E-state index in [-0.39, 0.29) is 42.7 Å². The maximum Gasteiger partial charge on any atom is 0.338 e. The van der Waals surface area contributed by atoms with Crippen LogP contribution in [0.25, 0.3) is 0 Å². The number of ether oxygens (including phenoxy) is 4. The van der Waals surface area contributed by atoms with E-state index < -0.39 is 33.2 Å². The van der Waals surface area contributed by atoms with E-state index in [1.165, 1.54) is 33.5 Å². The third-order valence-corrected chi connectivity index (χ3v) is 7.73. The molecule has 15 heteroatoms. The van der Waals surface area contributed by atoms with Crippen LogP contribution in [0.2, 0.25) is 0 Å². The quantitative estimate of drug-likeness (QED) is 0.229. The molecule has 0 fully saturated rings. The molecular weight excluding hydrogens is 518 g/mol. The minimum Gasteiger partial charge on any atom is -0.493 e. The zero-order valence-electron chi connectivity index (χ0n) is 19.0. The van der Waals surface area contributed by atoms with Gasteiger partial charge in [0, 0.05) is 12.1 Å². The fraction of sp³-hybridized carbons (Fsp3) is 0.190. The second-order valence-electron chi connectivity index (χ2n) is 6.78. The number of sulfone groups is 1. The van der Waals surface area contributed by atoms with Gasteiger partial charge in [0.2, 0.25) is 15.6 Å². The van der Waals surface area contributed by atoms with Crippen LogP contribution >= 0.6 is 11.3 Å². The molecule has 0 aliphatic carbocycles. The molecule has 0 aliphatic heterocycles. The van der Waals surface area contributed by atoms with Crippen molar-refractivity contribution < 1.29 is 41.9 Å². The standard InChI is InChI=1S/C21H19N3O10S2/c1-31-15-8-12(9-16(32-2)19(15)33-3)20(26)34-11-17(25)23-21-22-10-18(35-21)36(29,30)14-6-4-13(5-7-14)24(27)28/h4-10H,11H2,1-3H3,(H,22,23,25). The molecule has 1 heterocycles. The number of carbonyl (C=O) groups is 2. The number of esters is 1. The molecule has 3 aromatic rings. The normalized spacial score (nSPS) is 10.9. The summed E-state index contributed by atoms with van der Waals surface area (Å²) in [5, 5.41) is 13.1. The van der Waals surface area contributed by atoms with Gasteiger partial charge in [0.05, 0.1) is 42.9 Å². The number of anilines is 1. The third-order valence-electron chi connectivity index (χ3n) is 4.59. The van der Waals surface area contributed by atoms with Gasteiger partial charge < -0.3 is 18.9 Å². The number of amides is 1. The smallest absolute Gasteiger partial charge is 0.338 e. The zero-order chi connectivity index (χ0) is 26.5. The van der Waals surface area contributed by atoms with Crippen molar-refractivity contribution in [2.45, 2.75) is 9.10 Å². The van der Waals surface area contributed by atoms with Crippen molar-refractivity contribution in [2.24, 2.45) is 0 Å². The van der Waals surface area contributed by atoms with Crippen LogP contribution in [0.4, 0.5) is 10.8 Å². The van der Waals surface area contributed by atoms with Crippen molar-refractivity contribution in [3.8, 4) is 17.2 Å². The highest BCUT2D eigenvalue weighted by atomic mass is 32.2. The molecule has 1 N–H and O–H groups in total. The topological polar surface area (TPSA) is 173 Å². The van der Waals surface area contributed by atoms with Crippen LogP contribution < -0.4 is 19.5 Å². The van der Waals surface area contributed by atoms with Crippen molar-refractivity contribution in [3.05, 3.63) is 58.3 Å². The Morgan fingerprint density at radius 3 is 2.19 bits per heavy atom. The summed E-state index contributed by atoms with van der Waals surface area (Å²) in [6.07, 6.45) is 1.04. The number of nitrogens with zero attached hydrogens (tertiary/aromatic N) is 2. The zero-order valence-corrected chi connectivity index (χ0v) is 20.7. The second kappa shape index (κ2) is 11.0. The maximum atomic E-state index is 12.7. The summed E-state index contributed by atoms with van der Waals surface area (Å²) in [6, 6.07) is 7.06. The predicted octanol–water partition coefficient (Wildman–Crippen LogP) is 2.71. The van der Waals surface area contributed by atoms with Crippen molar-refractivity contribution in [1.82, 2.24) is 4.98 Å². The van der Waals surface area contributed by atoms with Crippen LogP contribution in [-0.2, 0) is 19.4 Å². The van der Waals surface area contributed by atoms with Crippen LogP contribution in [0, 0.1) is 10.1 Å². The van der Waals surface area contributed by atoms with E-state index >= 15 is 0 Å². The number of hydrogen-bond donors (Lipinski definition) is 1. The van der Waals surface area contributed by atoms with E-state index in [2.05, 4.69) is 10.3 Å². The summed E-state index contributed by atoms with van der Waals surface area (Å²) < 4.78 is 45.8. The number of nitro groups is 1. The van der Waals surface area contributed by atoms with Crippen LogP contribution in [0.15, 0.2) is 51.7 Å². The van der Waals surface area contributed by atoms with Gasteiger partial charge in [-0.25, -0.2) is 18.2 Å². The van der Waals surface area contributed by atoms with E-state index in [1.807, 2.05) is 0 Å². The van der Waals surface area contributed by atoms with Crippen LogP contribution in [0.5, 0.6) is 17.2 Å². The van der Waals surface area contributed by atoms with Crippen molar-refractivity contribution in [3.63, 3.8) is 0 Å². The Kier molecular flexibility index (Phi) is 8.06. The largest absolute Gasteiger partial charge is 0.493 e. The molecule has 2 aromatic carbocycles. The van der Waals surface area contributed by atoms with Gasteiger partial charge in [0.1, 0.15) is 4.21 Å². The lowest BCUT2D eigenvalue weighted by Crippen LogP contribution is -2.20. The number of benzene rings is 2. The lowest BCUT2D eigenvalue weighted by Gasteiger charge is -2.13. The highest BCUT2D eigenvalue weighted by molar-refractivity contribution is 7.93. The first-order valence-electron chi connectivity index (χ1n) is 9.83. The average Bonchev–Trinajstić information content (AvgIpc) is 3.35. The first kappa shape index (κ1) is 26.4. The summed E-state index contributed by atoms with van der Waals surface area (Å²) in [4.78, 5) is 38.4. The molecular formula is C21H19N3O10S2. The Bertz CT molecular complexity index is 1380. The van der Waals surface area contributed by atoms with E-state index in [0.717, 1.165) is 30.5 Å². The number of non-ortho nitro benzene ring substituents is 1. The van der Waals surface area contributed by atoms with Crippen molar-refractivity contribution in [2.75, 3.05) is 33.3 Å². The van der Waals surface area contributed by atoms with Gasteiger partial charge >= 0.3 is 5.97 Å². The summed E-state index contributed by atoms with van der Waals surface area (Å²) in [6.45, 7) is -0.681. The Morgan fingerprint density at radius 1 is 1.06 bits per heavy atom. The van der Waals surface area contributed by atoms with Crippen LogP contribution in [0.3, 0.4) is 0 Å². The number of nitro benzene ring substituents is 1. The second-order valence-corrected chi connectivity index (χ2v) is 9.98. The molecule has 36 heavy (non-hydrogen) atoms. The number of aromatic nitrogens is 1. The van der Waals surface area contributed by atoms with Gasteiger partial charge in [0.25, 0.3) is 11.6 Å². The average molecular weight is 538 g/mol. The van der Waals surface area contributed by atoms with E-state index in [1.54, 1.807) is 0 Å². The van der Waals surface area contributed by atoms with Gasteiger partial charge in [-0.1, -0.05) is 11.3 Å². The van der Waals surface area contributed by atoms with E-state index in [0.29, 0.717) is 11.3 Å². The molecule has 190 valence electrons. The third kappa shape index (κ3) is 5.69. The number of hydrogen-bond acceptors (Lipinski definition) is 12. The van der Waals surface area contributed by atoms with Crippen LogP contribution in [0.1, 0.15) is 10.4 Å². The monoisotopic (exact) mass is 537 g/mol. The van der Waals surface area contributed by atoms with Gasteiger partial charge in [-0.3, -0.25) is 20.2 Å². The molecule has 0 aliphatic rings. The van der Waals surface area contributed by atoms with Gasteiger partial charge in [-0.05, 0) is 24.3 Å². The minimum atomic E-state index is -4.01. The SMILES string of the molecule is COc1cc(C(=O)OCC(=O)Nc2ncc(S(=O)(=O)c3ccc([N+](=O)[O-])cc3)s2)cc(OC)c1OC.